The molecule has 0 unspecified atom stereocenters. The maximum absolute atomic E-state index is 12.2. The monoisotopic (exact) mass is 290 g/mol. The molecular formula is C15H15ClN2O2. The number of methoxy groups -OCH3 is 1. The first-order valence-electron chi connectivity index (χ1n) is 6.01. The Hall–Kier alpha value is -2.20. The molecule has 2 aromatic rings. The Morgan fingerprint density at radius 1 is 1.25 bits per heavy atom. The molecule has 20 heavy (non-hydrogen) atoms. The van der Waals surface area contributed by atoms with Gasteiger partial charge in [0.05, 0.1) is 12.1 Å². The molecule has 0 aliphatic rings. The fourth-order valence-electron chi connectivity index (χ4n) is 1.88. The number of carbonyl (C=O) groups is 1. The molecule has 4 nitrogen and oxygen atoms in total. The van der Waals surface area contributed by atoms with Crippen molar-refractivity contribution in [3.05, 3.63) is 52.5 Å². The fourth-order valence-corrected chi connectivity index (χ4v) is 2.08. The lowest BCUT2D eigenvalue weighted by molar-refractivity contribution is 0.102. The first kappa shape index (κ1) is 14.2. The van der Waals surface area contributed by atoms with Crippen molar-refractivity contribution in [1.82, 2.24) is 0 Å². The summed E-state index contributed by atoms with van der Waals surface area (Å²) in [6.45, 7) is 1.89. The van der Waals surface area contributed by atoms with Gasteiger partial charge in [-0.15, -0.1) is 0 Å². The summed E-state index contributed by atoms with van der Waals surface area (Å²) in [6, 6.07) is 10.3. The largest absolute Gasteiger partial charge is 0.495 e. The van der Waals surface area contributed by atoms with E-state index >= 15 is 0 Å². The Balaban J connectivity index is 2.23. The zero-order valence-corrected chi connectivity index (χ0v) is 12.0. The molecule has 0 aromatic heterocycles. The summed E-state index contributed by atoms with van der Waals surface area (Å²) in [4.78, 5) is 12.2. The van der Waals surface area contributed by atoms with Crippen LogP contribution in [0.15, 0.2) is 36.4 Å². The van der Waals surface area contributed by atoms with Crippen LogP contribution in [0.2, 0.25) is 5.02 Å². The van der Waals surface area contributed by atoms with Gasteiger partial charge in [-0.1, -0.05) is 11.6 Å². The molecule has 0 aliphatic heterocycles. The lowest BCUT2D eigenvalue weighted by Gasteiger charge is -2.09. The van der Waals surface area contributed by atoms with Gasteiger partial charge in [0, 0.05) is 23.0 Å². The summed E-state index contributed by atoms with van der Waals surface area (Å²) in [5, 5.41) is 3.27. The minimum absolute atomic E-state index is 0.232. The predicted octanol–water partition coefficient (Wildman–Crippen LogP) is 3.49. The van der Waals surface area contributed by atoms with Gasteiger partial charge < -0.3 is 15.8 Å². The highest BCUT2D eigenvalue weighted by Crippen LogP contribution is 2.27. The topological polar surface area (TPSA) is 64.3 Å². The summed E-state index contributed by atoms with van der Waals surface area (Å²) in [5.74, 6) is 0.276. The number of halogens is 1. The van der Waals surface area contributed by atoms with Gasteiger partial charge in [-0.3, -0.25) is 4.79 Å². The number of carbonyl (C=O) groups excluding carboxylic acids is 1. The van der Waals surface area contributed by atoms with E-state index in [1.54, 1.807) is 30.3 Å². The Morgan fingerprint density at radius 2 is 2.00 bits per heavy atom. The third-order valence-corrected chi connectivity index (χ3v) is 3.08. The van der Waals surface area contributed by atoms with Crippen LogP contribution < -0.4 is 15.8 Å². The Bertz CT molecular complexity index is 636. The predicted molar refractivity (Wildman–Crippen MR) is 81.5 cm³/mol. The smallest absolute Gasteiger partial charge is 0.255 e. The minimum Gasteiger partial charge on any atom is -0.495 e. The summed E-state index contributed by atoms with van der Waals surface area (Å²) in [5.41, 5.74) is 8.35. The molecule has 104 valence electrons. The van der Waals surface area contributed by atoms with Crippen LogP contribution in [0.5, 0.6) is 5.75 Å². The van der Waals surface area contributed by atoms with Crippen LogP contribution in [-0.2, 0) is 0 Å². The highest BCUT2D eigenvalue weighted by molar-refractivity contribution is 6.32. The molecule has 0 atom stereocenters. The maximum atomic E-state index is 12.2. The van der Waals surface area contributed by atoms with E-state index in [1.165, 1.54) is 7.11 Å². The van der Waals surface area contributed by atoms with Crippen LogP contribution in [0, 0.1) is 6.92 Å². The van der Waals surface area contributed by atoms with Gasteiger partial charge >= 0.3 is 0 Å². The van der Waals surface area contributed by atoms with Crippen LogP contribution in [0.4, 0.5) is 11.4 Å². The summed E-state index contributed by atoms with van der Waals surface area (Å²) >= 11 is 5.94. The number of aryl methyl sites for hydroxylation is 1. The third-order valence-electron chi connectivity index (χ3n) is 2.77. The second kappa shape index (κ2) is 5.84. The summed E-state index contributed by atoms with van der Waals surface area (Å²) < 4.78 is 5.11. The molecule has 3 N–H and O–H groups in total. The number of nitrogen functional groups attached to an aromatic ring is 1. The van der Waals surface area contributed by atoms with E-state index in [2.05, 4.69) is 5.32 Å². The van der Waals surface area contributed by atoms with Gasteiger partial charge in [-0.2, -0.15) is 0 Å². The zero-order chi connectivity index (χ0) is 14.7. The molecule has 0 bridgehead atoms. The standard InChI is InChI=1S/C15H15ClN2O2/c1-9-5-10(7-11(17)6-9)15(19)18-12-3-4-13(16)14(8-12)20-2/h3-8H,17H2,1-2H3,(H,18,19). The van der Waals surface area contributed by atoms with E-state index in [-0.39, 0.29) is 5.91 Å². The van der Waals surface area contributed by atoms with Crippen LogP contribution in [-0.4, -0.2) is 13.0 Å². The van der Waals surface area contributed by atoms with Gasteiger partial charge in [0.1, 0.15) is 5.75 Å². The van der Waals surface area contributed by atoms with Crippen LogP contribution in [0.1, 0.15) is 15.9 Å². The van der Waals surface area contributed by atoms with Crippen LogP contribution in [0.25, 0.3) is 0 Å². The third kappa shape index (κ3) is 3.22. The summed E-state index contributed by atoms with van der Waals surface area (Å²) in [6.07, 6.45) is 0. The van der Waals surface area contributed by atoms with Crippen molar-refractivity contribution in [2.45, 2.75) is 6.92 Å². The number of hydrogen-bond acceptors (Lipinski definition) is 3. The average Bonchev–Trinajstić information content (AvgIpc) is 2.39. The van der Waals surface area contributed by atoms with E-state index in [1.807, 2.05) is 13.0 Å². The molecule has 1 amide bonds. The molecule has 0 aliphatic carbocycles. The first-order chi connectivity index (χ1) is 9.49. The minimum atomic E-state index is -0.232. The Labute approximate surface area is 122 Å². The molecular weight excluding hydrogens is 276 g/mol. The number of amides is 1. The zero-order valence-electron chi connectivity index (χ0n) is 11.2. The number of hydrogen-bond donors (Lipinski definition) is 2. The fraction of sp³-hybridized carbons (Fsp3) is 0.133. The molecule has 0 saturated heterocycles. The van der Waals surface area contributed by atoms with Crippen molar-refractivity contribution in [2.75, 3.05) is 18.2 Å². The number of nitrogens with one attached hydrogen (secondary N) is 1. The SMILES string of the molecule is COc1cc(NC(=O)c2cc(C)cc(N)c2)ccc1Cl. The highest BCUT2D eigenvalue weighted by Gasteiger charge is 2.09. The second-order valence-corrected chi connectivity index (χ2v) is 4.84. The number of benzene rings is 2. The van der Waals surface area contributed by atoms with Crippen molar-refractivity contribution in [3.63, 3.8) is 0 Å². The molecule has 0 fully saturated rings. The van der Waals surface area contributed by atoms with Crippen molar-refractivity contribution < 1.29 is 9.53 Å². The number of rotatable bonds is 3. The van der Waals surface area contributed by atoms with E-state index in [4.69, 9.17) is 22.1 Å². The highest BCUT2D eigenvalue weighted by atomic mass is 35.5. The molecule has 0 radical (unpaired) electrons. The number of anilines is 2. The number of ether oxygens (including phenoxy) is 1. The van der Waals surface area contributed by atoms with E-state index in [0.29, 0.717) is 27.7 Å². The molecule has 0 spiro atoms. The normalized spacial score (nSPS) is 10.2. The maximum Gasteiger partial charge on any atom is 0.255 e. The summed E-state index contributed by atoms with van der Waals surface area (Å²) in [7, 11) is 1.52. The van der Waals surface area contributed by atoms with Crippen LogP contribution in [0.3, 0.4) is 0 Å². The quantitative estimate of drug-likeness (QED) is 0.851. The lowest BCUT2D eigenvalue weighted by atomic mass is 10.1. The van der Waals surface area contributed by atoms with E-state index < -0.39 is 0 Å². The first-order valence-corrected chi connectivity index (χ1v) is 6.39. The van der Waals surface area contributed by atoms with E-state index in [9.17, 15) is 4.79 Å². The molecule has 0 heterocycles. The Kier molecular flexibility index (Phi) is 4.15. The molecule has 2 aromatic carbocycles. The van der Waals surface area contributed by atoms with E-state index in [0.717, 1.165) is 5.56 Å². The number of nitrogens with two attached hydrogens (primary N) is 1. The van der Waals surface area contributed by atoms with Crippen LogP contribution >= 0.6 is 11.6 Å². The van der Waals surface area contributed by atoms with Gasteiger partial charge in [0.2, 0.25) is 0 Å². The van der Waals surface area contributed by atoms with Gasteiger partial charge in [-0.25, -0.2) is 0 Å². The van der Waals surface area contributed by atoms with Crippen molar-refractivity contribution in [3.8, 4) is 5.75 Å². The van der Waals surface area contributed by atoms with Gasteiger partial charge in [-0.05, 0) is 42.8 Å². The van der Waals surface area contributed by atoms with Gasteiger partial charge in [0.15, 0.2) is 0 Å². The van der Waals surface area contributed by atoms with Crippen molar-refractivity contribution in [1.29, 1.82) is 0 Å². The molecule has 2 rings (SSSR count). The van der Waals surface area contributed by atoms with Crippen molar-refractivity contribution >= 4 is 28.9 Å². The average molecular weight is 291 g/mol. The Morgan fingerprint density at radius 3 is 2.65 bits per heavy atom. The lowest BCUT2D eigenvalue weighted by Crippen LogP contribution is -2.12. The molecule has 0 saturated carbocycles. The van der Waals surface area contributed by atoms with Crippen molar-refractivity contribution in [2.24, 2.45) is 0 Å². The van der Waals surface area contributed by atoms with Gasteiger partial charge in [0.25, 0.3) is 5.91 Å². The second-order valence-electron chi connectivity index (χ2n) is 4.44. The molecule has 5 heteroatoms.